The highest BCUT2D eigenvalue weighted by atomic mass is 32.2. The number of benzene rings is 2. The van der Waals surface area contributed by atoms with E-state index in [1.807, 2.05) is 70.2 Å². The fourth-order valence-corrected chi connectivity index (χ4v) is 9.57. The number of alkyl carbamates (subject to hydrolysis) is 2. The summed E-state index contributed by atoms with van der Waals surface area (Å²) < 4.78 is 38.5. The number of carbonyl (C=O) groups excluding carboxylic acids is 3. The summed E-state index contributed by atoms with van der Waals surface area (Å²) in [5, 5.41) is 29.6. The lowest BCUT2D eigenvalue weighted by Gasteiger charge is -2.27. The quantitative estimate of drug-likeness (QED) is 0.0882. The molecule has 3 amide bonds. The van der Waals surface area contributed by atoms with Gasteiger partial charge in [0.2, 0.25) is 10.0 Å². The van der Waals surface area contributed by atoms with Crippen molar-refractivity contribution in [2.75, 3.05) is 17.2 Å². The van der Waals surface area contributed by atoms with Crippen molar-refractivity contribution in [1.82, 2.24) is 41.1 Å². The van der Waals surface area contributed by atoms with Gasteiger partial charge < -0.3 is 36.1 Å². The van der Waals surface area contributed by atoms with Gasteiger partial charge in [0.05, 0.1) is 16.9 Å². The summed E-state index contributed by atoms with van der Waals surface area (Å²) in [5.74, 6) is 1.75. The first-order chi connectivity index (χ1) is 28.3. The lowest BCUT2D eigenvalue weighted by molar-refractivity contribution is 0.0696. The molecule has 17 nitrogen and oxygen atoms in total. The van der Waals surface area contributed by atoms with E-state index in [0.29, 0.717) is 53.2 Å². The molecule has 2 aliphatic heterocycles. The van der Waals surface area contributed by atoms with Crippen LogP contribution in [0.2, 0.25) is 0 Å². The number of hydrogen-bond donors (Lipinski definition) is 8. The molecule has 2 saturated carbocycles. The number of aromatic amines is 2. The zero-order valence-electron chi connectivity index (χ0n) is 33.8. The van der Waals surface area contributed by atoms with Crippen molar-refractivity contribution in [3.05, 3.63) is 76.6 Å². The molecule has 2 atom stereocenters. The van der Waals surface area contributed by atoms with Crippen LogP contribution in [0, 0.1) is 0 Å². The minimum atomic E-state index is -3.53. The van der Waals surface area contributed by atoms with E-state index in [0.717, 1.165) is 73.1 Å². The van der Waals surface area contributed by atoms with E-state index in [-0.39, 0.29) is 48.3 Å². The van der Waals surface area contributed by atoms with Crippen molar-refractivity contribution in [2.24, 2.45) is 0 Å². The number of anilines is 4. The molecule has 0 spiro atoms. The number of hydrogen-bond acceptors (Lipinski definition) is 11. The largest absolute Gasteiger partial charge is 0.446 e. The summed E-state index contributed by atoms with van der Waals surface area (Å²) in [5.41, 5.74) is 5.76. The Balaban J connectivity index is 0.000000180. The van der Waals surface area contributed by atoms with Gasteiger partial charge in [-0.1, -0.05) is 24.3 Å². The summed E-state index contributed by atoms with van der Waals surface area (Å²) in [6.45, 7) is 8.59. The second-order valence-corrected chi connectivity index (χ2v) is 17.8. The molecular weight excluding hydrogens is 777 g/mol. The molecule has 0 bridgehead atoms. The number of amides is 3. The normalized spacial score (nSPS) is 21.7. The lowest BCUT2D eigenvalue weighted by Crippen LogP contribution is -2.34. The number of sulfonamides is 1. The van der Waals surface area contributed by atoms with Gasteiger partial charge in [0.15, 0.2) is 11.6 Å². The zero-order chi connectivity index (χ0) is 41.7. The van der Waals surface area contributed by atoms with E-state index in [4.69, 9.17) is 9.47 Å². The second kappa shape index (κ2) is 18.1. The maximum absolute atomic E-state index is 12.5. The molecule has 2 aliphatic carbocycles. The molecule has 0 saturated heterocycles. The Morgan fingerprint density at radius 1 is 0.746 bits per heavy atom. The van der Waals surface area contributed by atoms with Crippen molar-refractivity contribution >= 4 is 51.1 Å². The molecule has 8 rings (SSSR count). The maximum atomic E-state index is 12.5. The van der Waals surface area contributed by atoms with Gasteiger partial charge in [-0.15, -0.1) is 0 Å². The van der Waals surface area contributed by atoms with Gasteiger partial charge in [0.25, 0.3) is 5.91 Å². The van der Waals surface area contributed by atoms with E-state index in [1.165, 1.54) is 0 Å². The SMILES string of the molecule is CC(C)NC(=O)OC1CCC(c2cc(Nc3cccc4c3S(=O)(=O)NCC4)n[nH]2)CC1.CC(C)NC(=O)OC1CC[C@H](c2cc(Nc3cccc4c3C(=O)NC4)n[nH]2)C1. The summed E-state index contributed by atoms with van der Waals surface area (Å²) >= 11 is 0. The topological polar surface area (TPSA) is 233 Å². The number of fused-ring (bicyclic) bond motifs is 2. The van der Waals surface area contributed by atoms with Crippen LogP contribution < -0.4 is 31.3 Å². The molecule has 59 heavy (non-hydrogen) atoms. The highest BCUT2D eigenvalue weighted by Gasteiger charge is 2.31. The molecule has 0 radical (unpaired) electrons. The number of H-pyrrole nitrogens is 2. The molecule has 2 aromatic carbocycles. The summed E-state index contributed by atoms with van der Waals surface area (Å²) in [6.07, 6.45) is 5.73. The van der Waals surface area contributed by atoms with Gasteiger partial charge in [-0.2, -0.15) is 10.2 Å². The first kappa shape index (κ1) is 41.5. The monoisotopic (exact) mass is 830 g/mol. The third-order valence-electron chi connectivity index (χ3n) is 10.9. The van der Waals surface area contributed by atoms with Crippen LogP contribution >= 0.6 is 0 Å². The van der Waals surface area contributed by atoms with E-state index in [9.17, 15) is 22.8 Å². The average Bonchev–Trinajstić information content (AvgIpc) is 4.00. The molecule has 8 N–H and O–H groups in total. The predicted octanol–water partition coefficient (Wildman–Crippen LogP) is 6.32. The molecule has 2 aromatic heterocycles. The lowest BCUT2D eigenvalue weighted by atomic mass is 9.85. The summed E-state index contributed by atoms with van der Waals surface area (Å²) in [4.78, 5) is 35.9. The number of rotatable bonds is 10. The standard InChI is InChI=1S/C21H29N5O4S.C20H25N5O3/c1-13(2)23-21(27)30-16-8-6-14(7-9-16)18-12-19(26-25-18)24-17-5-3-4-15-10-11-22-31(28,29)20(15)17;1-11(2)22-20(27)28-14-7-6-12(8-14)16-9-17(25-24-16)23-15-5-3-4-13-10-21-19(26)18(13)15/h3-5,12-14,16,22H,6-11H2,1-2H3,(H,23,27)(H2,24,25,26);3-5,9,11-12,14H,6-8,10H2,1-2H3,(H,21,26)(H,22,27)(H2,23,24,25)/t;12-,14?/m.0/s1. The van der Waals surface area contributed by atoms with Crippen LogP contribution in [0.25, 0.3) is 0 Å². The van der Waals surface area contributed by atoms with Gasteiger partial charge >= 0.3 is 12.2 Å². The molecule has 18 heteroatoms. The van der Waals surface area contributed by atoms with Crippen LogP contribution in [0.5, 0.6) is 0 Å². The van der Waals surface area contributed by atoms with Crippen LogP contribution in [0.3, 0.4) is 0 Å². The van der Waals surface area contributed by atoms with Crippen molar-refractivity contribution in [3.8, 4) is 0 Å². The first-order valence-electron chi connectivity index (χ1n) is 20.4. The van der Waals surface area contributed by atoms with E-state index < -0.39 is 10.0 Å². The van der Waals surface area contributed by atoms with Crippen LogP contribution in [0.1, 0.15) is 117 Å². The second-order valence-electron chi connectivity index (χ2n) is 16.1. The molecule has 1 unspecified atom stereocenters. The van der Waals surface area contributed by atoms with Gasteiger partial charge in [-0.25, -0.2) is 22.7 Å². The first-order valence-corrected chi connectivity index (χ1v) is 21.9. The minimum Gasteiger partial charge on any atom is -0.446 e. The zero-order valence-corrected chi connectivity index (χ0v) is 34.6. The van der Waals surface area contributed by atoms with Crippen molar-refractivity contribution < 1.29 is 32.3 Å². The third kappa shape index (κ3) is 10.3. The Bertz CT molecular complexity index is 2250. The summed E-state index contributed by atoms with van der Waals surface area (Å²) in [6, 6.07) is 15.2. The average molecular weight is 831 g/mol. The van der Waals surface area contributed by atoms with Gasteiger partial charge in [0, 0.05) is 60.5 Å². The number of ether oxygens (including phenoxy) is 2. The van der Waals surface area contributed by atoms with Crippen LogP contribution in [0.15, 0.2) is 53.4 Å². The van der Waals surface area contributed by atoms with Crippen molar-refractivity contribution in [2.45, 2.75) is 127 Å². The van der Waals surface area contributed by atoms with Gasteiger partial charge in [-0.3, -0.25) is 15.0 Å². The van der Waals surface area contributed by atoms with E-state index in [2.05, 4.69) is 51.7 Å². The summed E-state index contributed by atoms with van der Waals surface area (Å²) in [7, 11) is -3.53. The van der Waals surface area contributed by atoms with Crippen LogP contribution in [-0.2, 0) is 32.5 Å². The van der Waals surface area contributed by atoms with Gasteiger partial charge in [0.1, 0.15) is 17.1 Å². The number of nitrogens with one attached hydrogen (secondary N) is 8. The Morgan fingerprint density at radius 3 is 1.97 bits per heavy atom. The third-order valence-corrected chi connectivity index (χ3v) is 12.5. The van der Waals surface area contributed by atoms with Gasteiger partial charge in [-0.05, 0) is 102 Å². The Labute approximate surface area is 344 Å². The smallest absolute Gasteiger partial charge is 0.407 e. The number of nitrogens with zero attached hydrogens (tertiary/aromatic N) is 2. The predicted molar refractivity (Wildman–Crippen MR) is 222 cm³/mol. The molecule has 4 heterocycles. The highest BCUT2D eigenvalue weighted by molar-refractivity contribution is 7.89. The Morgan fingerprint density at radius 2 is 1.31 bits per heavy atom. The molecule has 2 fully saturated rings. The van der Waals surface area contributed by atoms with Crippen molar-refractivity contribution in [3.63, 3.8) is 0 Å². The van der Waals surface area contributed by atoms with E-state index in [1.54, 1.807) is 6.07 Å². The number of aromatic nitrogens is 4. The molecule has 4 aliphatic rings. The fraction of sp³-hybridized carbons (Fsp3) is 0.488. The van der Waals surface area contributed by atoms with Crippen LogP contribution in [-0.4, -0.2) is 77.7 Å². The Hall–Kier alpha value is -5.62. The molecular formula is C41H54N10O7S. The molecule has 316 valence electrons. The highest BCUT2D eigenvalue weighted by Crippen LogP contribution is 2.38. The fourth-order valence-electron chi connectivity index (χ4n) is 8.13. The van der Waals surface area contributed by atoms with E-state index >= 15 is 0 Å². The molecule has 4 aromatic rings. The number of carbonyl (C=O) groups is 3. The minimum absolute atomic E-state index is 0.0562. The Kier molecular flexibility index (Phi) is 12.7. The van der Waals surface area contributed by atoms with Crippen LogP contribution in [0.4, 0.5) is 32.6 Å². The maximum Gasteiger partial charge on any atom is 0.407 e. The van der Waals surface area contributed by atoms with Crippen molar-refractivity contribution in [1.29, 1.82) is 0 Å².